The molecule has 190 valence electrons. The zero-order valence-electron chi connectivity index (χ0n) is 20.7. The zero-order valence-corrected chi connectivity index (χ0v) is 23.9. The second kappa shape index (κ2) is 9.40. The van der Waals surface area contributed by atoms with Crippen molar-refractivity contribution in [2.45, 2.75) is 11.2 Å². The SMILES string of the molecule is OC1(c2ccc(-c3ccccc3)s2)c2ccccc2C(O)(c2ccc(-c3ccccc3)s2)c2cc(Br)ccc21. The first-order valence-electron chi connectivity index (χ1n) is 12.7. The summed E-state index contributed by atoms with van der Waals surface area (Å²) in [5, 5.41) is 25.5. The van der Waals surface area contributed by atoms with Crippen molar-refractivity contribution in [1.82, 2.24) is 0 Å². The number of hydrogen-bond acceptors (Lipinski definition) is 4. The number of hydrogen-bond donors (Lipinski definition) is 2. The molecule has 4 aromatic carbocycles. The normalized spacial score (nSPS) is 19.9. The maximum Gasteiger partial charge on any atom is 0.150 e. The fourth-order valence-corrected chi connectivity index (χ4v) is 8.27. The fraction of sp³-hybridized carbons (Fsp3) is 0.0588. The van der Waals surface area contributed by atoms with E-state index in [1.165, 1.54) is 0 Å². The van der Waals surface area contributed by atoms with Gasteiger partial charge in [-0.15, -0.1) is 22.7 Å². The van der Waals surface area contributed by atoms with E-state index in [4.69, 9.17) is 0 Å². The summed E-state index contributed by atoms with van der Waals surface area (Å²) in [6.45, 7) is 0. The average Bonchev–Trinajstić information content (AvgIpc) is 3.69. The second-order valence-electron chi connectivity index (χ2n) is 9.72. The van der Waals surface area contributed by atoms with Crippen molar-refractivity contribution in [3.63, 3.8) is 0 Å². The highest BCUT2D eigenvalue weighted by atomic mass is 79.9. The van der Waals surface area contributed by atoms with Crippen molar-refractivity contribution < 1.29 is 10.2 Å². The molecule has 2 N–H and O–H groups in total. The third kappa shape index (κ3) is 3.80. The molecule has 0 saturated carbocycles. The summed E-state index contributed by atoms with van der Waals surface area (Å²) in [6.07, 6.45) is 0. The smallest absolute Gasteiger partial charge is 0.150 e. The summed E-state index contributed by atoms with van der Waals surface area (Å²) in [6, 6.07) is 42.2. The molecule has 0 aliphatic heterocycles. The average molecular weight is 608 g/mol. The Labute approximate surface area is 243 Å². The van der Waals surface area contributed by atoms with E-state index in [0.717, 1.165) is 35.1 Å². The van der Waals surface area contributed by atoms with Crippen LogP contribution in [0.1, 0.15) is 32.0 Å². The van der Waals surface area contributed by atoms with Gasteiger partial charge in [0.2, 0.25) is 0 Å². The maximum absolute atomic E-state index is 12.8. The van der Waals surface area contributed by atoms with Crippen molar-refractivity contribution in [2.75, 3.05) is 0 Å². The van der Waals surface area contributed by atoms with Crippen LogP contribution in [0.5, 0.6) is 0 Å². The molecule has 2 aromatic heterocycles. The minimum absolute atomic E-state index is 0.675. The Morgan fingerprint density at radius 2 is 0.897 bits per heavy atom. The highest BCUT2D eigenvalue weighted by Crippen LogP contribution is 2.56. The van der Waals surface area contributed by atoms with E-state index in [1.54, 1.807) is 22.7 Å². The fourth-order valence-electron chi connectivity index (χ4n) is 5.65. The zero-order chi connectivity index (χ0) is 26.6. The van der Waals surface area contributed by atoms with Crippen LogP contribution in [-0.2, 0) is 11.2 Å². The molecule has 2 unspecified atom stereocenters. The molecule has 0 saturated heterocycles. The molecule has 0 radical (unpaired) electrons. The molecule has 2 nitrogen and oxygen atoms in total. The Morgan fingerprint density at radius 3 is 1.41 bits per heavy atom. The van der Waals surface area contributed by atoms with Gasteiger partial charge in [-0.25, -0.2) is 0 Å². The molecule has 0 fully saturated rings. The van der Waals surface area contributed by atoms with Crippen molar-refractivity contribution in [2.24, 2.45) is 0 Å². The molecule has 0 amide bonds. The van der Waals surface area contributed by atoms with Crippen LogP contribution in [0.15, 0.2) is 132 Å². The van der Waals surface area contributed by atoms with E-state index in [1.807, 2.05) is 91.0 Å². The Kier molecular flexibility index (Phi) is 5.96. The molecular weight excluding hydrogens is 584 g/mol. The summed E-state index contributed by atoms with van der Waals surface area (Å²) in [7, 11) is 0. The molecule has 0 bridgehead atoms. The molecule has 2 atom stereocenters. The van der Waals surface area contributed by atoms with Gasteiger partial charge < -0.3 is 10.2 Å². The van der Waals surface area contributed by atoms with Crippen molar-refractivity contribution in [3.8, 4) is 20.9 Å². The number of halogens is 1. The van der Waals surface area contributed by atoms with Crippen LogP contribution in [0.25, 0.3) is 20.9 Å². The van der Waals surface area contributed by atoms with Crippen molar-refractivity contribution in [1.29, 1.82) is 0 Å². The first kappa shape index (κ1) is 24.7. The molecular formula is C34H23BrO2S2. The van der Waals surface area contributed by atoms with Gasteiger partial charge in [0.1, 0.15) is 5.60 Å². The first-order valence-corrected chi connectivity index (χ1v) is 15.1. The molecule has 6 aromatic rings. The highest BCUT2D eigenvalue weighted by molar-refractivity contribution is 9.10. The molecule has 7 rings (SSSR count). The third-order valence-corrected chi connectivity index (χ3v) is 10.5. The highest BCUT2D eigenvalue weighted by Gasteiger charge is 2.52. The summed E-state index contributed by atoms with van der Waals surface area (Å²) in [4.78, 5) is 3.79. The van der Waals surface area contributed by atoms with Crippen LogP contribution < -0.4 is 0 Å². The topological polar surface area (TPSA) is 40.5 Å². The van der Waals surface area contributed by atoms with Gasteiger partial charge in [0.25, 0.3) is 0 Å². The van der Waals surface area contributed by atoms with Gasteiger partial charge in [-0.3, -0.25) is 0 Å². The van der Waals surface area contributed by atoms with Crippen LogP contribution in [0.2, 0.25) is 0 Å². The molecule has 5 heteroatoms. The Bertz CT molecular complexity index is 1810. The van der Waals surface area contributed by atoms with Gasteiger partial charge in [0, 0.05) is 46.2 Å². The van der Waals surface area contributed by atoms with E-state index in [-0.39, 0.29) is 0 Å². The Hall–Kier alpha value is -3.32. The molecule has 2 heterocycles. The Balaban J connectivity index is 1.46. The lowest BCUT2D eigenvalue weighted by Crippen LogP contribution is -2.43. The van der Waals surface area contributed by atoms with Crippen molar-refractivity contribution >= 4 is 38.6 Å². The third-order valence-electron chi connectivity index (χ3n) is 7.51. The lowest BCUT2D eigenvalue weighted by Gasteiger charge is -2.44. The van der Waals surface area contributed by atoms with E-state index in [0.29, 0.717) is 22.3 Å². The maximum atomic E-state index is 12.8. The van der Waals surface area contributed by atoms with Crippen LogP contribution in [0.4, 0.5) is 0 Å². The number of rotatable bonds is 4. The van der Waals surface area contributed by atoms with Crippen LogP contribution in [-0.4, -0.2) is 10.2 Å². The van der Waals surface area contributed by atoms with Gasteiger partial charge in [-0.1, -0.05) is 107 Å². The van der Waals surface area contributed by atoms with Crippen molar-refractivity contribution in [3.05, 3.63) is 164 Å². The van der Waals surface area contributed by atoms with Gasteiger partial charge in [-0.2, -0.15) is 0 Å². The van der Waals surface area contributed by atoms with E-state index < -0.39 is 11.2 Å². The summed E-state index contributed by atoms with van der Waals surface area (Å²) in [5.74, 6) is 0. The van der Waals surface area contributed by atoms with E-state index >= 15 is 0 Å². The minimum Gasteiger partial charge on any atom is -0.375 e. The van der Waals surface area contributed by atoms with E-state index in [9.17, 15) is 10.2 Å². The first-order chi connectivity index (χ1) is 19.0. The Morgan fingerprint density at radius 1 is 0.462 bits per heavy atom. The molecule has 1 aliphatic carbocycles. The standard InChI is InChI=1S/C34H23BrO2S2/c35-24-15-16-27-28(21-24)34(37,32-20-18-30(39-32)23-11-5-2-6-12-23)26-14-8-7-13-25(26)33(27,36)31-19-17-29(38-31)22-9-3-1-4-10-22/h1-21,36-37H. The van der Waals surface area contributed by atoms with Gasteiger partial charge in [-0.05, 0) is 47.5 Å². The second-order valence-corrected chi connectivity index (χ2v) is 12.8. The number of fused-ring (bicyclic) bond motifs is 2. The van der Waals surface area contributed by atoms with Crippen LogP contribution in [0, 0.1) is 0 Å². The molecule has 0 spiro atoms. The predicted molar refractivity (Wildman–Crippen MR) is 164 cm³/mol. The number of benzene rings is 4. The number of thiophene rings is 2. The predicted octanol–water partition coefficient (Wildman–Crippen LogP) is 8.79. The largest absolute Gasteiger partial charge is 0.375 e. The van der Waals surface area contributed by atoms with Crippen LogP contribution >= 0.6 is 38.6 Å². The summed E-state index contributed by atoms with van der Waals surface area (Å²) in [5.41, 5.74) is 2.11. The lowest BCUT2D eigenvalue weighted by atomic mass is 9.66. The summed E-state index contributed by atoms with van der Waals surface area (Å²) < 4.78 is 0.845. The van der Waals surface area contributed by atoms with Crippen LogP contribution in [0.3, 0.4) is 0 Å². The molecule has 39 heavy (non-hydrogen) atoms. The lowest BCUT2D eigenvalue weighted by molar-refractivity contribution is 0.0786. The van der Waals surface area contributed by atoms with Gasteiger partial charge in [0.15, 0.2) is 5.60 Å². The molecule has 1 aliphatic rings. The quantitative estimate of drug-likeness (QED) is 0.210. The van der Waals surface area contributed by atoms with Gasteiger partial charge in [0.05, 0.1) is 0 Å². The monoisotopic (exact) mass is 606 g/mol. The summed E-state index contributed by atoms with van der Waals surface area (Å²) >= 11 is 6.79. The number of aliphatic hydroxyl groups is 2. The van der Waals surface area contributed by atoms with Gasteiger partial charge >= 0.3 is 0 Å². The van der Waals surface area contributed by atoms with E-state index in [2.05, 4.69) is 52.3 Å². The minimum atomic E-state index is -1.43.